The topological polar surface area (TPSA) is 29.3 Å². The molecule has 1 aliphatic heterocycles. The number of halogens is 1. The molecule has 19 heavy (non-hydrogen) atoms. The monoisotopic (exact) mass is 264 g/mol. The maximum atomic E-state index is 13.9. The largest absolute Gasteiger partial charge is 0.326 e. The van der Waals surface area contributed by atoms with E-state index >= 15 is 0 Å². The minimum Gasteiger partial charge on any atom is -0.326 e. The molecule has 1 aromatic rings. The lowest BCUT2D eigenvalue weighted by Crippen LogP contribution is -2.33. The molecule has 2 nitrogen and oxygen atoms in total. The molecule has 1 aromatic carbocycles. The number of nitrogens with zero attached hydrogens (tertiary/aromatic N) is 1. The first-order valence-corrected chi connectivity index (χ1v) is 7.42. The molecular formula is C16H25FN2. The van der Waals surface area contributed by atoms with E-state index in [1.807, 2.05) is 12.1 Å². The van der Waals surface area contributed by atoms with Crippen LogP contribution in [0.4, 0.5) is 4.39 Å². The van der Waals surface area contributed by atoms with Crippen LogP contribution in [0.15, 0.2) is 18.2 Å². The fourth-order valence-electron chi connectivity index (χ4n) is 2.93. The Labute approximate surface area is 115 Å². The average molecular weight is 264 g/mol. The Balaban J connectivity index is 1.88. The van der Waals surface area contributed by atoms with Gasteiger partial charge in [-0.25, -0.2) is 4.39 Å². The summed E-state index contributed by atoms with van der Waals surface area (Å²) >= 11 is 0. The van der Waals surface area contributed by atoms with Crippen molar-refractivity contribution >= 4 is 0 Å². The lowest BCUT2D eigenvalue weighted by Gasteiger charge is -2.32. The van der Waals surface area contributed by atoms with Crippen molar-refractivity contribution in [2.45, 2.75) is 45.7 Å². The highest BCUT2D eigenvalue weighted by Crippen LogP contribution is 2.23. The summed E-state index contributed by atoms with van der Waals surface area (Å²) in [6.45, 7) is 5.58. The van der Waals surface area contributed by atoms with Gasteiger partial charge in [0.15, 0.2) is 0 Å². The molecule has 2 rings (SSSR count). The molecule has 0 amide bonds. The first-order chi connectivity index (χ1) is 9.22. The van der Waals surface area contributed by atoms with Crippen molar-refractivity contribution in [3.63, 3.8) is 0 Å². The van der Waals surface area contributed by atoms with Crippen LogP contribution in [0, 0.1) is 11.7 Å². The Morgan fingerprint density at radius 2 is 2.05 bits per heavy atom. The van der Waals surface area contributed by atoms with Gasteiger partial charge in [-0.1, -0.05) is 31.9 Å². The summed E-state index contributed by atoms with van der Waals surface area (Å²) in [7, 11) is 0. The number of likely N-dealkylation sites (tertiary alicyclic amines) is 1. The Morgan fingerprint density at radius 3 is 2.63 bits per heavy atom. The molecule has 0 atom stereocenters. The first kappa shape index (κ1) is 14.5. The van der Waals surface area contributed by atoms with E-state index in [9.17, 15) is 4.39 Å². The number of hydrogen-bond donors (Lipinski definition) is 1. The van der Waals surface area contributed by atoms with Gasteiger partial charge in [0.1, 0.15) is 5.82 Å². The smallest absolute Gasteiger partial charge is 0.128 e. The van der Waals surface area contributed by atoms with E-state index in [-0.39, 0.29) is 5.82 Å². The SMILES string of the molecule is CCCC1CCN(Cc2ccc(CN)cc2F)CC1. The predicted molar refractivity (Wildman–Crippen MR) is 77.2 cm³/mol. The van der Waals surface area contributed by atoms with Gasteiger partial charge in [-0.05, 0) is 43.5 Å². The van der Waals surface area contributed by atoms with Crippen LogP contribution in [0.3, 0.4) is 0 Å². The molecule has 1 heterocycles. The fraction of sp³-hybridized carbons (Fsp3) is 0.625. The van der Waals surface area contributed by atoms with E-state index in [1.54, 1.807) is 6.07 Å². The van der Waals surface area contributed by atoms with Crippen molar-refractivity contribution in [1.29, 1.82) is 0 Å². The van der Waals surface area contributed by atoms with E-state index in [1.165, 1.54) is 25.7 Å². The number of piperidine rings is 1. The standard InChI is InChI=1S/C16H25FN2/c1-2-3-13-6-8-19(9-7-13)12-15-5-4-14(11-18)10-16(15)17/h4-5,10,13H,2-3,6-9,11-12,18H2,1H3. The molecule has 0 unspecified atom stereocenters. The van der Waals surface area contributed by atoms with Crippen molar-refractivity contribution in [2.24, 2.45) is 11.7 Å². The van der Waals surface area contributed by atoms with E-state index in [0.29, 0.717) is 6.54 Å². The number of benzene rings is 1. The van der Waals surface area contributed by atoms with Crippen LogP contribution in [-0.2, 0) is 13.1 Å². The Hall–Kier alpha value is -0.930. The molecule has 0 spiro atoms. The van der Waals surface area contributed by atoms with Crippen LogP contribution >= 0.6 is 0 Å². The third-order valence-electron chi connectivity index (χ3n) is 4.15. The van der Waals surface area contributed by atoms with Gasteiger partial charge in [0.2, 0.25) is 0 Å². The van der Waals surface area contributed by atoms with Crippen molar-refractivity contribution < 1.29 is 4.39 Å². The minimum atomic E-state index is -0.112. The minimum absolute atomic E-state index is 0.112. The Kier molecular flexibility index (Phi) is 5.34. The molecular weight excluding hydrogens is 239 g/mol. The summed E-state index contributed by atoms with van der Waals surface area (Å²) in [6.07, 6.45) is 5.14. The van der Waals surface area contributed by atoms with Crippen molar-refractivity contribution in [3.8, 4) is 0 Å². The molecule has 0 bridgehead atoms. The zero-order valence-electron chi connectivity index (χ0n) is 11.9. The molecule has 106 valence electrons. The Bertz CT molecular complexity index is 398. The zero-order chi connectivity index (χ0) is 13.7. The number of hydrogen-bond acceptors (Lipinski definition) is 2. The van der Waals surface area contributed by atoms with Gasteiger partial charge >= 0.3 is 0 Å². The van der Waals surface area contributed by atoms with Crippen molar-refractivity contribution in [1.82, 2.24) is 4.90 Å². The molecule has 0 aromatic heterocycles. The van der Waals surface area contributed by atoms with Crippen molar-refractivity contribution in [2.75, 3.05) is 13.1 Å². The van der Waals surface area contributed by atoms with Crippen LogP contribution in [0.25, 0.3) is 0 Å². The maximum absolute atomic E-state index is 13.9. The van der Waals surface area contributed by atoms with Crippen LogP contribution in [-0.4, -0.2) is 18.0 Å². The van der Waals surface area contributed by atoms with E-state index in [0.717, 1.165) is 36.7 Å². The second-order valence-electron chi connectivity index (χ2n) is 5.64. The molecule has 1 saturated heterocycles. The summed E-state index contributed by atoms with van der Waals surface area (Å²) in [5, 5.41) is 0. The highest BCUT2D eigenvalue weighted by Gasteiger charge is 2.19. The van der Waals surface area contributed by atoms with Gasteiger partial charge in [0, 0.05) is 18.7 Å². The number of rotatable bonds is 5. The van der Waals surface area contributed by atoms with Gasteiger partial charge in [-0.3, -0.25) is 4.90 Å². The highest BCUT2D eigenvalue weighted by atomic mass is 19.1. The third-order valence-corrected chi connectivity index (χ3v) is 4.15. The second kappa shape index (κ2) is 7.01. The second-order valence-corrected chi connectivity index (χ2v) is 5.64. The van der Waals surface area contributed by atoms with E-state index in [4.69, 9.17) is 5.73 Å². The van der Waals surface area contributed by atoms with E-state index < -0.39 is 0 Å². The van der Waals surface area contributed by atoms with Crippen LogP contribution in [0.5, 0.6) is 0 Å². The molecule has 1 fully saturated rings. The lowest BCUT2D eigenvalue weighted by atomic mass is 9.92. The normalized spacial score (nSPS) is 17.8. The van der Waals surface area contributed by atoms with Gasteiger partial charge in [-0.2, -0.15) is 0 Å². The number of nitrogens with two attached hydrogens (primary N) is 1. The van der Waals surface area contributed by atoms with Gasteiger partial charge in [0.05, 0.1) is 0 Å². The summed E-state index contributed by atoms with van der Waals surface area (Å²) < 4.78 is 13.9. The van der Waals surface area contributed by atoms with Crippen molar-refractivity contribution in [3.05, 3.63) is 35.1 Å². The first-order valence-electron chi connectivity index (χ1n) is 7.42. The quantitative estimate of drug-likeness (QED) is 0.884. The lowest BCUT2D eigenvalue weighted by molar-refractivity contribution is 0.170. The third kappa shape index (κ3) is 4.02. The predicted octanol–water partition coefficient (Wildman–Crippen LogP) is 3.30. The van der Waals surface area contributed by atoms with E-state index in [2.05, 4.69) is 11.8 Å². The van der Waals surface area contributed by atoms with Gasteiger partial charge in [-0.15, -0.1) is 0 Å². The average Bonchev–Trinajstić information content (AvgIpc) is 2.43. The fourth-order valence-corrected chi connectivity index (χ4v) is 2.93. The molecule has 2 N–H and O–H groups in total. The van der Waals surface area contributed by atoms with Gasteiger partial charge in [0.25, 0.3) is 0 Å². The zero-order valence-corrected chi connectivity index (χ0v) is 11.9. The molecule has 3 heteroatoms. The molecule has 0 radical (unpaired) electrons. The summed E-state index contributed by atoms with van der Waals surface area (Å²) in [4.78, 5) is 2.37. The maximum Gasteiger partial charge on any atom is 0.128 e. The van der Waals surface area contributed by atoms with Crippen LogP contribution < -0.4 is 5.73 Å². The Morgan fingerprint density at radius 1 is 1.32 bits per heavy atom. The summed E-state index contributed by atoms with van der Waals surface area (Å²) in [5.74, 6) is 0.768. The van der Waals surface area contributed by atoms with Crippen LogP contribution in [0.2, 0.25) is 0 Å². The molecule has 0 saturated carbocycles. The summed E-state index contributed by atoms with van der Waals surface area (Å²) in [6, 6.07) is 5.39. The summed E-state index contributed by atoms with van der Waals surface area (Å²) in [5.41, 5.74) is 7.18. The van der Waals surface area contributed by atoms with Gasteiger partial charge < -0.3 is 5.73 Å². The van der Waals surface area contributed by atoms with Crippen LogP contribution in [0.1, 0.15) is 43.7 Å². The molecule has 1 aliphatic rings. The highest BCUT2D eigenvalue weighted by molar-refractivity contribution is 5.24. The molecule has 0 aliphatic carbocycles.